The Kier molecular flexibility index (Phi) is 27.5. The first-order valence-corrected chi connectivity index (χ1v) is 38.1. The number of aliphatic imine (C=N–C) groups is 1. The zero-order valence-corrected chi connectivity index (χ0v) is 65.9. The quantitative estimate of drug-likeness (QED) is 0.0256. The monoisotopic (exact) mass is 1670 g/mol. The van der Waals surface area contributed by atoms with E-state index in [4.69, 9.17) is 28.4 Å². The van der Waals surface area contributed by atoms with E-state index in [1.54, 1.807) is 84.4 Å². The average molecular weight is 1670 g/mol. The average Bonchev–Trinajstić information content (AvgIpc) is 1.54. The Morgan fingerprint density at radius 3 is 1.24 bits per heavy atom. The summed E-state index contributed by atoms with van der Waals surface area (Å²) in [6.45, 7) is 6.78. The summed E-state index contributed by atoms with van der Waals surface area (Å²) in [5.41, 5.74) is 1.24. The summed E-state index contributed by atoms with van der Waals surface area (Å²) in [6, 6.07) is 31.7. The fraction of sp³-hybridized carbons (Fsp3) is 0.321. The SMILES string of the molecule is COc1cc(C(=O)NC2CCN(C)CC2)ccc1Nc1ncc(C(F)(F)F)c(Oc2cccc(C(C)=O)c2)n1.COc1cc(C(=O)NC2CCN(C)CC2)ccc1Nc1ncc(C(F)(F)F)c(Oc2cccc3c2N=CC3)n1.COc1cc(C(=O)NC2CCN(C)CC2)ccc1Nc1ncc(C(F)(F)F)c(Oc2ccccc2-c2csnn2)n1. The van der Waals surface area contributed by atoms with Crippen LogP contribution in [0.4, 0.5) is 80.1 Å². The van der Waals surface area contributed by atoms with Crippen LogP contribution in [0.15, 0.2) is 150 Å². The van der Waals surface area contributed by atoms with Crippen molar-refractivity contribution < 1.29 is 87.1 Å². The van der Waals surface area contributed by atoms with Crippen LogP contribution < -0.4 is 60.3 Å². The van der Waals surface area contributed by atoms with Crippen LogP contribution in [0, 0.1) is 0 Å². The molecule has 8 heterocycles. The molecule has 0 atom stereocenters. The number of methoxy groups -OCH3 is 3. The van der Waals surface area contributed by atoms with Gasteiger partial charge in [-0.3, -0.25) is 24.2 Å². The molecule has 624 valence electrons. The number of piperidine rings is 3. The van der Waals surface area contributed by atoms with E-state index in [0.29, 0.717) is 81.5 Å². The lowest BCUT2D eigenvalue weighted by Gasteiger charge is -2.29. The van der Waals surface area contributed by atoms with Gasteiger partial charge in [0.25, 0.3) is 17.7 Å². The minimum absolute atomic E-state index is 0.00964. The number of likely N-dealkylation sites (tertiary alicyclic amines) is 3. The highest BCUT2D eigenvalue weighted by Crippen LogP contribution is 2.45. The van der Waals surface area contributed by atoms with E-state index in [0.717, 1.165) is 94.9 Å². The van der Waals surface area contributed by atoms with Gasteiger partial charge in [-0.25, -0.2) is 15.0 Å². The molecule has 0 aliphatic carbocycles. The second-order valence-electron chi connectivity index (χ2n) is 28.0. The van der Waals surface area contributed by atoms with Crippen molar-refractivity contribution in [3.05, 3.63) is 190 Å². The van der Waals surface area contributed by atoms with Crippen molar-refractivity contribution in [3.63, 3.8) is 0 Å². The van der Waals surface area contributed by atoms with Crippen molar-refractivity contribution in [2.75, 3.05) is 97.7 Å². The highest BCUT2D eigenvalue weighted by molar-refractivity contribution is 7.03. The van der Waals surface area contributed by atoms with Gasteiger partial charge in [0.05, 0.1) is 38.4 Å². The number of nitrogens with one attached hydrogen (secondary N) is 6. The van der Waals surface area contributed by atoms with Crippen molar-refractivity contribution in [3.8, 4) is 63.4 Å². The van der Waals surface area contributed by atoms with Gasteiger partial charge in [-0.15, -0.1) is 5.10 Å². The molecule has 4 aliphatic heterocycles. The highest BCUT2D eigenvalue weighted by atomic mass is 32.1. The number of para-hydroxylation sites is 2. The van der Waals surface area contributed by atoms with Gasteiger partial charge in [-0.2, -0.15) is 54.5 Å². The summed E-state index contributed by atoms with van der Waals surface area (Å²) in [6.07, 6.45) is -4.98. The first kappa shape index (κ1) is 85.7. The summed E-state index contributed by atoms with van der Waals surface area (Å²) in [7, 11) is 10.4. The summed E-state index contributed by atoms with van der Waals surface area (Å²) in [5, 5.41) is 23.3. The zero-order chi connectivity index (χ0) is 84.7. The molecular formula is C81H81F9N18O10S. The molecule has 0 bridgehead atoms. The van der Waals surface area contributed by atoms with Crippen LogP contribution in [0.2, 0.25) is 0 Å². The molecular weight excluding hydrogens is 1590 g/mol. The molecule has 0 radical (unpaired) electrons. The number of ether oxygens (including phenoxy) is 6. The summed E-state index contributed by atoms with van der Waals surface area (Å²) >= 11 is 1.10. The molecule has 0 unspecified atom stereocenters. The lowest BCUT2D eigenvalue weighted by atomic mass is 10.0. The topological polar surface area (TPSA) is 321 Å². The Bertz CT molecular complexity index is 5300. The molecule has 4 aliphatic rings. The van der Waals surface area contributed by atoms with Crippen LogP contribution in [0.25, 0.3) is 11.3 Å². The standard InChI is InChI=1S/C27H26F3N7O3S.C27H27F3N6O3.C27H28F3N5O4/c1-37-11-9-17(10-12-37)32-24(38)16-7-8-20(23(13-16)39-2)33-26-31-14-19(27(28,29)30)25(34-26)40-22-6-4-3-5-18(22)21-15-41-36-35-21;1-36-12-9-18(10-13-36)33-24(37)17-6-7-20(22(14-17)38-2)34-26-32-15-19(27(28,29)30)25(35-26)39-21-5-3-4-16-8-11-31-23(16)21;1-16(36)17-5-4-6-20(13-17)39-25-21(27(28,29)30)15-31-26(34-25)33-22-8-7-18(14-23(22)38-3)24(37)32-19-9-11-35(2)12-10-19/h3-8,13-15,17H,9-12H2,1-2H3,(H,32,38)(H,31,33,34);3-7,11,14-15,18H,8-10,12-13H2,1-2H3,(H,33,37)(H,32,34,35);4-8,13-15,19H,9-12H2,1-3H3,(H,32,37)(H,31,33,34). The molecule has 119 heavy (non-hydrogen) atoms. The number of aromatic nitrogens is 8. The number of ketones is 1. The van der Waals surface area contributed by atoms with Gasteiger partial charge in [0, 0.05) is 82.5 Å². The number of carbonyl (C=O) groups excluding carboxylic acids is 4. The van der Waals surface area contributed by atoms with E-state index in [1.165, 1.54) is 70.7 Å². The normalized spacial score (nSPS) is 14.9. The third-order valence-corrected chi connectivity index (χ3v) is 20.0. The van der Waals surface area contributed by atoms with E-state index >= 15 is 0 Å². The third-order valence-electron chi connectivity index (χ3n) is 19.5. The smallest absolute Gasteiger partial charge is 0.423 e. The number of amides is 3. The maximum atomic E-state index is 13.8. The Balaban J connectivity index is 0.000000164. The molecule has 10 aromatic rings. The molecule has 6 aromatic carbocycles. The minimum Gasteiger partial charge on any atom is -0.495 e. The second-order valence-corrected chi connectivity index (χ2v) is 28.6. The molecule has 38 heteroatoms. The summed E-state index contributed by atoms with van der Waals surface area (Å²) < 4.78 is 161. The fourth-order valence-electron chi connectivity index (χ4n) is 12.9. The molecule has 3 fully saturated rings. The molecule has 4 aromatic heterocycles. The van der Waals surface area contributed by atoms with E-state index in [9.17, 15) is 58.7 Å². The predicted molar refractivity (Wildman–Crippen MR) is 424 cm³/mol. The maximum absolute atomic E-state index is 13.8. The van der Waals surface area contributed by atoms with Gasteiger partial charge < -0.3 is 75.0 Å². The van der Waals surface area contributed by atoms with Crippen LogP contribution in [-0.4, -0.2) is 184 Å². The lowest BCUT2D eigenvalue weighted by molar-refractivity contribution is -0.140. The van der Waals surface area contributed by atoms with Crippen LogP contribution in [0.3, 0.4) is 0 Å². The van der Waals surface area contributed by atoms with Crippen molar-refractivity contribution in [2.45, 2.75) is 88.5 Å². The van der Waals surface area contributed by atoms with Crippen LogP contribution >= 0.6 is 11.5 Å². The van der Waals surface area contributed by atoms with E-state index in [2.05, 4.69) is 91.1 Å². The molecule has 6 N–H and O–H groups in total. The van der Waals surface area contributed by atoms with Gasteiger partial charge >= 0.3 is 18.5 Å². The summed E-state index contributed by atoms with van der Waals surface area (Å²) in [4.78, 5) is 84.4. The molecule has 14 rings (SSSR count). The maximum Gasteiger partial charge on any atom is 0.423 e. The van der Waals surface area contributed by atoms with E-state index < -0.39 is 52.9 Å². The molecule has 3 amide bonds. The van der Waals surface area contributed by atoms with Gasteiger partial charge in [0.2, 0.25) is 35.5 Å². The number of benzene rings is 6. The predicted octanol–water partition coefficient (Wildman–Crippen LogP) is 15.6. The lowest BCUT2D eigenvalue weighted by Crippen LogP contribution is -2.43. The van der Waals surface area contributed by atoms with Gasteiger partial charge in [0.15, 0.2) is 11.5 Å². The van der Waals surface area contributed by atoms with Crippen molar-refractivity contribution >= 4 is 81.8 Å². The highest BCUT2D eigenvalue weighted by Gasteiger charge is 2.40. The van der Waals surface area contributed by atoms with E-state index in [1.807, 2.05) is 27.2 Å². The molecule has 0 spiro atoms. The number of hydrogen-bond donors (Lipinski definition) is 6. The third kappa shape index (κ3) is 22.5. The zero-order valence-electron chi connectivity index (χ0n) is 65.1. The van der Waals surface area contributed by atoms with E-state index in [-0.39, 0.29) is 93.8 Å². The first-order valence-electron chi connectivity index (χ1n) is 37.3. The largest absolute Gasteiger partial charge is 0.495 e. The van der Waals surface area contributed by atoms with Crippen LogP contribution in [-0.2, 0) is 24.9 Å². The number of Topliss-reactive ketones (excluding diaryl/α,β-unsaturated/α-hetero) is 1. The Labute approximate surface area is 680 Å². The number of nitrogens with zero attached hydrogens (tertiary/aromatic N) is 12. The van der Waals surface area contributed by atoms with Crippen molar-refractivity contribution in [2.24, 2.45) is 4.99 Å². The van der Waals surface area contributed by atoms with Crippen molar-refractivity contribution in [1.82, 2.24) is 70.1 Å². The van der Waals surface area contributed by atoms with Gasteiger partial charge in [-0.1, -0.05) is 40.9 Å². The number of halogens is 9. The van der Waals surface area contributed by atoms with Crippen LogP contribution in [0.1, 0.15) is 109 Å². The number of alkyl halides is 9. The van der Waals surface area contributed by atoms with Crippen LogP contribution in [0.5, 0.6) is 52.1 Å². The number of fused-ring (bicyclic) bond motifs is 1. The summed E-state index contributed by atoms with van der Waals surface area (Å²) in [5.74, 6) is -2.43. The van der Waals surface area contributed by atoms with Gasteiger partial charge in [0.1, 0.15) is 56.8 Å². The minimum atomic E-state index is -4.79. The molecule has 0 saturated carbocycles. The Morgan fingerprint density at radius 1 is 0.454 bits per heavy atom. The Hall–Kier alpha value is -12.7. The molecule has 28 nitrogen and oxygen atoms in total. The Morgan fingerprint density at radius 2 is 0.849 bits per heavy atom. The fourth-order valence-corrected chi connectivity index (χ4v) is 13.3. The number of hydrogen-bond acceptors (Lipinski definition) is 26. The number of carbonyl (C=O) groups is 4. The number of rotatable bonds is 23. The molecule has 3 saturated heterocycles. The number of anilines is 6. The van der Waals surface area contributed by atoms with Gasteiger partial charge in [-0.05, 0) is 208 Å². The first-order chi connectivity index (χ1) is 56.9. The van der Waals surface area contributed by atoms with Crippen molar-refractivity contribution in [1.29, 1.82) is 0 Å². The second kappa shape index (κ2) is 38.2.